The smallest absolute Gasteiger partial charge is 0.337 e. The van der Waals surface area contributed by atoms with Gasteiger partial charge < -0.3 is 9.47 Å². The molecular formula is C19H17NO5S. The number of esters is 1. The number of rotatable bonds is 5. The summed E-state index contributed by atoms with van der Waals surface area (Å²) < 4.78 is 33.7. The van der Waals surface area contributed by atoms with Crippen molar-refractivity contribution in [3.05, 3.63) is 71.8 Å². The van der Waals surface area contributed by atoms with E-state index in [4.69, 9.17) is 9.88 Å². The van der Waals surface area contributed by atoms with E-state index in [0.717, 1.165) is 10.9 Å². The number of benzene rings is 3. The fourth-order valence-corrected chi connectivity index (χ4v) is 3.08. The van der Waals surface area contributed by atoms with Crippen molar-refractivity contribution in [2.75, 3.05) is 7.11 Å². The van der Waals surface area contributed by atoms with Gasteiger partial charge in [-0.25, -0.2) is 18.4 Å². The lowest BCUT2D eigenvalue weighted by molar-refractivity contribution is 0.0600. The Bertz CT molecular complexity index is 1060. The molecule has 0 heterocycles. The number of sulfonamides is 1. The van der Waals surface area contributed by atoms with Crippen LogP contribution >= 0.6 is 0 Å². The largest absolute Gasteiger partial charge is 0.488 e. The van der Waals surface area contributed by atoms with E-state index in [-0.39, 0.29) is 11.5 Å². The maximum Gasteiger partial charge on any atom is 0.337 e. The third kappa shape index (κ3) is 3.84. The van der Waals surface area contributed by atoms with E-state index in [0.29, 0.717) is 16.7 Å². The van der Waals surface area contributed by atoms with Gasteiger partial charge in [0.2, 0.25) is 10.0 Å². The van der Waals surface area contributed by atoms with Gasteiger partial charge in [0, 0.05) is 5.39 Å². The Morgan fingerprint density at radius 1 is 1.04 bits per heavy atom. The highest BCUT2D eigenvalue weighted by molar-refractivity contribution is 7.89. The summed E-state index contributed by atoms with van der Waals surface area (Å²) in [5, 5.41) is 6.71. The molecule has 26 heavy (non-hydrogen) atoms. The van der Waals surface area contributed by atoms with Gasteiger partial charge in [0.1, 0.15) is 12.4 Å². The zero-order valence-corrected chi connectivity index (χ0v) is 14.8. The van der Waals surface area contributed by atoms with Crippen LogP contribution in [0.25, 0.3) is 10.8 Å². The number of nitrogens with two attached hydrogens (primary N) is 1. The molecule has 0 aliphatic rings. The summed E-state index contributed by atoms with van der Waals surface area (Å²) >= 11 is 0. The normalized spacial score (nSPS) is 11.3. The van der Waals surface area contributed by atoms with Crippen LogP contribution in [0.3, 0.4) is 0 Å². The molecule has 0 saturated carbocycles. The topological polar surface area (TPSA) is 95.7 Å². The first-order chi connectivity index (χ1) is 12.4. The van der Waals surface area contributed by atoms with Crippen molar-refractivity contribution < 1.29 is 22.7 Å². The number of methoxy groups -OCH3 is 1. The molecule has 0 radical (unpaired) electrons. The molecular weight excluding hydrogens is 354 g/mol. The average molecular weight is 371 g/mol. The van der Waals surface area contributed by atoms with E-state index in [2.05, 4.69) is 4.74 Å². The number of primary sulfonamides is 1. The predicted molar refractivity (Wildman–Crippen MR) is 97.4 cm³/mol. The molecule has 0 atom stereocenters. The van der Waals surface area contributed by atoms with Crippen LogP contribution in [0.2, 0.25) is 0 Å². The van der Waals surface area contributed by atoms with Gasteiger partial charge in [-0.05, 0) is 41.3 Å². The Morgan fingerprint density at radius 3 is 2.42 bits per heavy atom. The second kappa shape index (κ2) is 7.15. The lowest BCUT2D eigenvalue weighted by Gasteiger charge is -2.11. The Hall–Kier alpha value is -2.90. The number of carbonyl (C=O) groups excluding carboxylic acids is 1. The van der Waals surface area contributed by atoms with Crippen LogP contribution in [0.4, 0.5) is 0 Å². The summed E-state index contributed by atoms with van der Waals surface area (Å²) in [4.78, 5) is 11.5. The molecule has 7 heteroatoms. The number of fused-ring (bicyclic) bond motifs is 1. The van der Waals surface area contributed by atoms with Gasteiger partial charge in [-0.2, -0.15) is 0 Å². The summed E-state index contributed by atoms with van der Waals surface area (Å²) in [5.41, 5.74) is 1.32. The van der Waals surface area contributed by atoms with E-state index >= 15 is 0 Å². The number of hydrogen-bond acceptors (Lipinski definition) is 5. The first-order valence-electron chi connectivity index (χ1n) is 7.74. The Labute approximate surface area is 151 Å². The van der Waals surface area contributed by atoms with Crippen LogP contribution in [0.15, 0.2) is 65.6 Å². The van der Waals surface area contributed by atoms with Gasteiger partial charge in [0.05, 0.1) is 17.6 Å². The highest BCUT2D eigenvalue weighted by Gasteiger charge is 2.11. The molecule has 0 aromatic heterocycles. The van der Waals surface area contributed by atoms with Crippen molar-refractivity contribution in [1.82, 2.24) is 0 Å². The molecule has 0 aliphatic carbocycles. The maximum absolute atomic E-state index is 11.6. The van der Waals surface area contributed by atoms with Gasteiger partial charge in [-0.15, -0.1) is 0 Å². The average Bonchev–Trinajstić information content (AvgIpc) is 2.65. The molecule has 0 amide bonds. The summed E-state index contributed by atoms with van der Waals surface area (Å²) in [6, 6.07) is 17.0. The molecule has 2 N–H and O–H groups in total. The van der Waals surface area contributed by atoms with Crippen molar-refractivity contribution in [3.63, 3.8) is 0 Å². The fraction of sp³-hybridized carbons (Fsp3) is 0.105. The second-order valence-electron chi connectivity index (χ2n) is 5.66. The van der Waals surface area contributed by atoms with Crippen molar-refractivity contribution in [2.45, 2.75) is 11.5 Å². The van der Waals surface area contributed by atoms with Gasteiger partial charge in [-0.1, -0.05) is 30.3 Å². The molecule has 3 rings (SSSR count). The van der Waals surface area contributed by atoms with Crippen LogP contribution in [0.1, 0.15) is 15.9 Å². The zero-order chi connectivity index (χ0) is 18.7. The Kier molecular flexibility index (Phi) is 4.92. The van der Waals surface area contributed by atoms with Gasteiger partial charge in [0.15, 0.2) is 0 Å². The molecule has 134 valence electrons. The minimum atomic E-state index is -3.79. The van der Waals surface area contributed by atoms with Gasteiger partial charge in [0.25, 0.3) is 0 Å². The molecule has 3 aromatic rings. The molecule has 0 spiro atoms. The van der Waals surface area contributed by atoms with Crippen LogP contribution in [0.5, 0.6) is 5.75 Å². The van der Waals surface area contributed by atoms with E-state index in [9.17, 15) is 13.2 Å². The highest BCUT2D eigenvalue weighted by atomic mass is 32.2. The van der Waals surface area contributed by atoms with E-state index in [1.165, 1.54) is 19.2 Å². The quantitative estimate of drug-likeness (QED) is 0.696. The summed E-state index contributed by atoms with van der Waals surface area (Å²) in [7, 11) is -2.46. The fourth-order valence-electron chi connectivity index (χ4n) is 2.54. The van der Waals surface area contributed by atoms with Crippen molar-refractivity contribution in [3.8, 4) is 5.75 Å². The number of hydrogen-bond donors (Lipinski definition) is 1. The molecule has 0 bridgehead atoms. The minimum Gasteiger partial charge on any atom is -0.488 e. The standard InChI is InChI=1S/C19H17NO5S/c1-24-19(21)15-7-5-13(6-8-15)12-25-18-4-2-3-14-9-10-16(11-17(14)18)26(20,22)23/h2-11H,12H2,1H3,(H2,20,22,23). The Balaban J connectivity index is 1.85. The molecule has 0 saturated heterocycles. The third-order valence-corrected chi connectivity index (χ3v) is 4.82. The summed E-state index contributed by atoms with van der Waals surface area (Å²) in [6.07, 6.45) is 0. The summed E-state index contributed by atoms with van der Waals surface area (Å²) in [5.74, 6) is 0.145. The molecule has 6 nitrogen and oxygen atoms in total. The first kappa shape index (κ1) is 17.9. The molecule has 0 unspecified atom stereocenters. The Morgan fingerprint density at radius 2 is 1.77 bits per heavy atom. The van der Waals surface area contributed by atoms with Crippen LogP contribution in [0, 0.1) is 0 Å². The number of ether oxygens (including phenoxy) is 2. The summed E-state index contributed by atoms with van der Waals surface area (Å²) in [6.45, 7) is 0.264. The zero-order valence-electron chi connectivity index (χ0n) is 14.0. The minimum absolute atomic E-state index is 0.0310. The lowest BCUT2D eigenvalue weighted by Crippen LogP contribution is -2.11. The lowest BCUT2D eigenvalue weighted by atomic mass is 10.1. The maximum atomic E-state index is 11.6. The van der Waals surface area contributed by atoms with Crippen LogP contribution in [-0.2, 0) is 21.4 Å². The van der Waals surface area contributed by atoms with E-state index in [1.807, 2.05) is 12.1 Å². The molecule has 0 aliphatic heterocycles. The van der Waals surface area contributed by atoms with E-state index < -0.39 is 16.0 Å². The second-order valence-corrected chi connectivity index (χ2v) is 7.22. The highest BCUT2D eigenvalue weighted by Crippen LogP contribution is 2.28. The SMILES string of the molecule is COC(=O)c1ccc(COc2cccc3ccc(S(N)(=O)=O)cc23)cc1. The van der Waals surface area contributed by atoms with Crippen molar-refractivity contribution in [1.29, 1.82) is 0 Å². The van der Waals surface area contributed by atoms with Crippen LogP contribution < -0.4 is 9.88 Å². The number of carbonyl (C=O) groups is 1. The monoisotopic (exact) mass is 371 g/mol. The van der Waals surface area contributed by atoms with Crippen LogP contribution in [-0.4, -0.2) is 21.5 Å². The van der Waals surface area contributed by atoms with Crippen molar-refractivity contribution in [2.24, 2.45) is 5.14 Å². The van der Waals surface area contributed by atoms with E-state index in [1.54, 1.807) is 36.4 Å². The van der Waals surface area contributed by atoms with Crippen molar-refractivity contribution >= 4 is 26.8 Å². The first-order valence-corrected chi connectivity index (χ1v) is 9.29. The van der Waals surface area contributed by atoms with Gasteiger partial charge in [-0.3, -0.25) is 0 Å². The van der Waals surface area contributed by atoms with Gasteiger partial charge >= 0.3 is 5.97 Å². The molecule has 3 aromatic carbocycles. The molecule has 0 fully saturated rings. The third-order valence-electron chi connectivity index (χ3n) is 3.91. The predicted octanol–water partition coefficient (Wildman–Crippen LogP) is 2.85.